The fraction of sp³-hybridized carbons (Fsp3) is 0.533. The minimum Gasteiger partial charge on any atom is -0.395 e. The van der Waals surface area contributed by atoms with Gasteiger partial charge in [0, 0.05) is 37.2 Å². The van der Waals surface area contributed by atoms with E-state index in [0.29, 0.717) is 0 Å². The molecule has 2 aliphatic rings. The molecule has 0 aliphatic carbocycles. The summed E-state index contributed by atoms with van der Waals surface area (Å²) in [7, 11) is 0. The number of halogens is 4. The third-order valence-electron chi connectivity index (χ3n) is 4.41. The lowest BCUT2D eigenvalue weighted by Crippen LogP contribution is -2.62. The summed E-state index contributed by atoms with van der Waals surface area (Å²) in [5, 5.41) is 9.21. The Morgan fingerprint density at radius 3 is 2.57 bits per heavy atom. The zero-order chi connectivity index (χ0) is 16.8. The third kappa shape index (κ3) is 3.05. The lowest BCUT2D eigenvalue weighted by Gasteiger charge is -2.45. The van der Waals surface area contributed by atoms with E-state index < -0.39 is 42.5 Å². The first-order chi connectivity index (χ1) is 10.8. The van der Waals surface area contributed by atoms with Gasteiger partial charge in [-0.15, -0.1) is 0 Å². The van der Waals surface area contributed by atoms with Crippen molar-refractivity contribution in [3.63, 3.8) is 0 Å². The van der Waals surface area contributed by atoms with Gasteiger partial charge in [0.1, 0.15) is 0 Å². The number of carbonyl (C=O) groups excluding carboxylic acids is 1. The minimum atomic E-state index is -2.84. The van der Waals surface area contributed by atoms with Gasteiger partial charge in [-0.25, -0.2) is 17.6 Å². The molecule has 0 bridgehead atoms. The van der Waals surface area contributed by atoms with Crippen molar-refractivity contribution in [2.45, 2.75) is 24.4 Å². The van der Waals surface area contributed by atoms with Crippen LogP contribution in [0.15, 0.2) is 18.2 Å². The first-order valence-corrected chi connectivity index (χ1v) is 7.29. The van der Waals surface area contributed by atoms with Crippen molar-refractivity contribution < 1.29 is 27.5 Å². The average Bonchev–Trinajstić information content (AvgIpc) is 2.75. The number of aliphatic hydroxyl groups is 1. The predicted octanol–water partition coefficient (Wildman–Crippen LogP) is 1.49. The second-order valence-corrected chi connectivity index (χ2v) is 6.06. The van der Waals surface area contributed by atoms with Crippen molar-refractivity contribution >= 4 is 5.91 Å². The molecule has 2 fully saturated rings. The molecule has 0 radical (unpaired) electrons. The van der Waals surface area contributed by atoms with E-state index in [2.05, 4.69) is 0 Å². The molecule has 8 heteroatoms. The van der Waals surface area contributed by atoms with E-state index in [4.69, 9.17) is 0 Å². The Morgan fingerprint density at radius 2 is 1.96 bits per heavy atom. The molecule has 0 aromatic heterocycles. The Hall–Kier alpha value is -1.67. The van der Waals surface area contributed by atoms with Gasteiger partial charge >= 0.3 is 0 Å². The molecule has 0 saturated carbocycles. The molecule has 1 aromatic carbocycles. The van der Waals surface area contributed by atoms with Crippen molar-refractivity contribution in [1.82, 2.24) is 9.80 Å². The molecule has 1 aromatic rings. The Labute approximate surface area is 130 Å². The maximum atomic E-state index is 13.4. The molecule has 1 N–H and O–H groups in total. The van der Waals surface area contributed by atoms with E-state index in [9.17, 15) is 27.5 Å². The van der Waals surface area contributed by atoms with Crippen molar-refractivity contribution in [3.8, 4) is 0 Å². The van der Waals surface area contributed by atoms with E-state index >= 15 is 0 Å². The van der Waals surface area contributed by atoms with Crippen LogP contribution in [0.5, 0.6) is 0 Å². The van der Waals surface area contributed by atoms with Crippen LogP contribution < -0.4 is 0 Å². The van der Waals surface area contributed by atoms with Crippen molar-refractivity contribution in [2.24, 2.45) is 0 Å². The molecule has 0 unspecified atom stereocenters. The molecule has 4 nitrogen and oxygen atoms in total. The number of amides is 1. The number of hydrogen-bond acceptors (Lipinski definition) is 3. The highest BCUT2D eigenvalue weighted by atomic mass is 19.3. The van der Waals surface area contributed by atoms with Gasteiger partial charge in [0.25, 0.3) is 11.8 Å². The van der Waals surface area contributed by atoms with E-state index in [1.807, 2.05) is 0 Å². The molecule has 1 atom stereocenters. The molecule has 2 aliphatic heterocycles. The second-order valence-electron chi connectivity index (χ2n) is 6.06. The van der Waals surface area contributed by atoms with Crippen LogP contribution in [0.25, 0.3) is 0 Å². The summed E-state index contributed by atoms with van der Waals surface area (Å²) >= 11 is 0. The number of carbonyl (C=O) groups is 1. The maximum Gasteiger partial charge on any atom is 0.262 e. The molecular formula is C15H16F4N2O2. The van der Waals surface area contributed by atoms with Gasteiger partial charge < -0.3 is 10.0 Å². The van der Waals surface area contributed by atoms with Crippen LogP contribution in [0.4, 0.5) is 17.6 Å². The molecule has 2 heterocycles. The van der Waals surface area contributed by atoms with E-state index in [1.54, 1.807) is 0 Å². The molecule has 23 heavy (non-hydrogen) atoms. The van der Waals surface area contributed by atoms with Crippen molar-refractivity contribution in [2.75, 3.05) is 26.2 Å². The number of hydrogen-bond donors (Lipinski definition) is 1. The van der Waals surface area contributed by atoms with Crippen LogP contribution in [0.1, 0.15) is 16.8 Å². The van der Waals surface area contributed by atoms with Crippen LogP contribution in [0.2, 0.25) is 0 Å². The highest BCUT2D eigenvalue weighted by Gasteiger charge is 2.49. The Balaban J connectivity index is 1.62. The molecule has 126 valence electrons. The smallest absolute Gasteiger partial charge is 0.262 e. The van der Waals surface area contributed by atoms with Crippen LogP contribution in [-0.2, 0) is 0 Å². The number of aliphatic hydroxyl groups excluding tert-OH is 1. The van der Waals surface area contributed by atoms with Gasteiger partial charge in [-0.1, -0.05) is 0 Å². The van der Waals surface area contributed by atoms with Gasteiger partial charge in [-0.05, 0) is 18.2 Å². The van der Waals surface area contributed by atoms with E-state index in [0.717, 1.165) is 12.1 Å². The number of nitrogens with zero attached hydrogens (tertiary/aromatic N) is 2. The summed E-state index contributed by atoms with van der Waals surface area (Å²) in [6.07, 6.45) is -0.392. The summed E-state index contributed by atoms with van der Waals surface area (Å²) in [5.74, 6) is -5.44. The number of likely N-dealkylation sites (tertiary alicyclic amines) is 2. The lowest BCUT2D eigenvalue weighted by atomic mass is 10.0. The van der Waals surface area contributed by atoms with Gasteiger partial charge in [0.2, 0.25) is 0 Å². The topological polar surface area (TPSA) is 43.8 Å². The summed E-state index contributed by atoms with van der Waals surface area (Å²) in [5.41, 5.74) is 0.0211. The predicted molar refractivity (Wildman–Crippen MR) is 73.2 cm³/mol. The van der Waals surface area contributed by atoms with Crippen LogP contribution in [-0.4, -0.2) is 65.1 Å². The number of alkyl halides is 2. The van der Waals surface area contributed by atoms with Crippen LogP contribution in [0.3, 0.4) is 0 Å². The first-order valence-electron chi connectivity index (χ1n) is 7.29. The standard InChI is InChI=1S/C15H16F4N2O2/c16-12-2-1-9(3-13(12)17)14(23)20-5-11(6-20)21-8-15(18,19)4-10(21)7-22/h1-3,10-11,22H,4-8H2/t10-/m0/s1. The average molecular weight is 332 g/mol. The van der Waals surface area contributed by atoms with Gasteiger partial charge in [0.05, 0.1) is 13.2 Å². The fourth-order valence-electron chi connectivity index (χ4n) is 3.16. The van der Waals surface area contributed by atoms with Crippen molar-refractivity contribution in [3.05, 3.63) is 35.4 Å². The minimum absolute atomic E-state index is 0.0211. The van der Waals surface area contributed by atoms with E-state index in [-0.39, 0.29) is 31.3 Å². The zero-order valence-electron chi connectivity index (χ0n) is 12.2. The summed E-state index contributed by atoms with van der Waals surface area (Å²) < 4.78 is 52.9. The summed E-state index contributed by atoms with van der Waals surface area (Å²) in [4.78, 5) is 15.1. The van der Waals surface area contributed by atoms with Gasteiger partial charge in [-0.2, -0.15) is 0 Å². The zero-order valence-corrected chi connectivity index (χ0v) is 12.2. The van der Waals surface area contributed by atoms with Crippen LogP contribution in [0, 0.1) is 11.6 Å². The molecular weight excluding hydrogens is 316 g/mol. The maximum absolute atomic E-state index is 13.4. The largest absolute Gasteiger partial charge is 0.395 e. The highest BCUT2D eigenvalue weighted by Crippen LogP contribution is 2.35. The third-order valence-corrected chi connectivity index (χ3v) is 4.41. The fourth-order valence-corrected chi connectivity index (χ4v) is 3.16. The monoisotopic (exact) mass is 332 g/mol. The highest BCUT2D eigenvalue weighted by molar-refractivity contribution is 5.94. The quantitative estimate of drug-likeness (QED) is 0.853. The normalized spacial score (nSPS) is 24.7. The van der Waals surface area contributed by atoms with Crippen molar-refractivity contribution in [1.29, 1.82) is 0 Å². The summed E-state index contributed by atoms with van der Waals surface area (Å²) in [6, 6.07) is 2.02. The van der Waals surface area contributed by atoms with Crippen LogP contribution >= 0.6 is 0 Å². The van der Waals surface area contributed by atoms with Gasteiger partial charge in [0.15, 0.2) is 11.6 Å². The first kappa shape index (κ1) is 16.2. The summed E-state index contributed by atoms with van der Waals surface area (Å²) in [6.45, 7) is -0.339. The molecule has 2 saturated heterocycles. The molecule has 0 spiro atoms. The lowest BCUT2D eigenvalue weighted by molar-refractivity contribution is -0.0125. The molecule has 1 amide bonds. The number of rotatable bonds is 3. The Kier molecular flexibility index (Phi) is 4.05. The second kappa shape index (κ2) is 5.76. The molecule has 3 rings (SSSR count). The SMILES string of the molecule is O=C(c1ccc(F)c(F)c1)N1CC(N2CC(F)(F)C[C@H]2CO)C1. The van der Waals surface area contributed by atoms with E-state index in [1.165, 1.54) is 15.9 Å². The van der Waals surface area contributed by atoms with Gasteiger partial charge in [-0.3, -0.25) is 9.69 Å². The Bertz CT molecular complexity index is 619. The Morgan fingerprint density at radius 1 is 1.26 bits per heavy atom. The number of benzene rings is 1.